The zero-order valence-electron chi connectivity index (χ0n) is 19.4. The number of hydrogen-bond donors (Lipinski definition) is 5. The number of carbonyl (C=O) groups is 4. The molecule has 0 bridgehead atoms. The quantitative estimate of drug-likeness (QED) is 0.115. The monoisotopic (exact) mass is 603 g/mol. The van der Waals surface area contributed by atoms with Crippen LogP contribution in [0.3, 0.4) is 0 Å². The summed E-state index contributed by atoms with van der Waals surface area (Å²) in [5.41, 5.74) is 0.0709. The van der Waals surface area contributed by atoms with Crippen molar-refractivity contribution in [1.29, 1.82) is 0 Å². The fraction of sp³-hybridized carbons (Fsp3) is 0.421. The van der Waals surface area contributed by atoms with Gasteiger partial charge in [-0.25, -0.2) is 17.9 Å². The standard InChI is InChI=1S/C19H21N7O8S4/c1-38(33,34)20-5-4-9(37-19-22-24-25-23-19)8-7-36-16-12(15(28)26(16)13(8)18(31)32)21-14(27)11(17(29)30)10-3-2-6-35-10/h2-3,6,9,11-12,16,20H,4-5,7H2,1H3,(H,21,27)(H,29,30)(H,31,32)(H,22,23,24,25)/t9?,11?,12-,16+/m1/s1. The minimum absolute atomic E-state index is 0.00916. The van der Waals surface area contributed by atoms with Crippen molar-refractivity contribution in [2.75, 3.05) is 18.6 Å². The summed E-state index contributed by atoms with van der Waals surface area (Å²) in [4.78, 5) is 51.3. The summed E-state index contributed by atoms with van der Waals surface area (Å²) in [6, 6.07) is 2.00. The molecule has 0 spiro atoms. The molecule has 15 nitrogen and oxygen atoms in total. The summed E-state index contributed by atoms with van der Waals surface area (Å²) in [6.45, 7) is -0.00916. The zero-order valence-corrected chi connectivity index (χ0v) is 22.7. The van der Waals surface area contributed by atoms with Crippen LogP contribution in [0.5, 0.6) is 0 Å². The van der Waals surface area contributed by atoms with Gasteiger partial charge in [0.2, 0.25) is 21.1 Å². The summed E-state index contributed by atoms with van der Waals surface area (Å²) in [6.07, 6.45) is 1.16. The average Bonchev–Trinajstić information content (AvgIpc) is 3.54. The maximum atomic E-state index is 13.1. The number of H-pyrrole nitrogens is 1. The zero-order chi connectivity index (χ0) is 27.6. The largest absolute Gasteiger partial charge is 0.480 e. The van der Waals surface area contributed by atoms with Crippen LogP contribution in [0.25, 0.3) is 0 Å². The van der Waals surface area contributed by atoms with Gasteiger partial charge >= 0.3 is 11.9 Å². The number of rotatable bonds is 12. The van der Waals surface area contributed by atoms with Gasteiger partial charge in [0.05, 0.1) is 6.26 Å². The van der Waals surface area contributed by atoms with Crippen LogP contribution in [0.4, 0.5) is 0 Å². The van der Waals surface area contributed by atoms with Crippen LogP contribution in [-0.2, 0) is 29.2 Å². The second-order valence-corrected chi connectivity index (χ2v) is 13.2. The van der Waals surface area contributed by atoms with Crippen molar-refractivity contribution in [3.05, 3.63) is 33.7 Å². The number of aromatic amines is 1. The van der Waals surface area contributed by atoms with E-state index in [1.165, 1.54) is 17.8 Å². The number of nitrogens with one attached hydrogen (secondary N) is 3. The smallest absolute Gasteiger partial charge is 0.352 e. The predicted octanol–water partition coefficient (Wildman–Crippen LogP) is -0.732. The molecule has 19 heteroatoms. The first kappa shape index (κ1) is 28.0. The van der Waals surface area contributed by atoms with Gasteiger partial charge in [0, 0.05) is 22.4 Å². The van der Waals surface area contributed by atoms with Crippen molar-refractivity contribution in [1.82, 2.24) is 35.6 Å². The number of amides is 2. The van der Waals surface area contributed by atoms with Gasteiger partial charge < -0.3 is 15.5 Å². The van der Waals surface area contributed by atoms with Gasteiger partial charge in [-0.2, -0.15) is 5.21 Å². The number of aromatic nitrogens is 4. The van der Waals surface area contributed by atoms with E-state index >= 15 is 0 Å². The average molecular weight is 604 g/mol. The van der Waals surface area contributed by atoms with Gasteiger partial charge in [0.1, 0.15) is 17.1 Å². The number of sulfonamides is 1. The van der Waals surface area contributed by atoms with E-state index < -0.39 is 56.4 Å². The Balaban J connectivity index is 1.56. The third kappa shape index (κ3) is 6.01. The molecule has 4 rings (SSSR count). The van der Waals surface area contributed by atoms with Gasteiger partial charge in [-0.1, -0.05) is 17.8 Å². The number of nitrogens with zero attached hydrogens (tertiary/aromatic N) is 4. The van der Waals surface area contributed by atoms with Gasteiger partial charge in [-0.15, -0.1) is 33.3 Å². The highest BCUT2D eigenvalue weighted by Gasteiger charge is 2.55. The number of fused-ring (bicyclic) bond motifs is 1. The Kier molecular flexibility index (Phi) is 8.40. The van der Waals surface area contributed by atoms with Crippen LogP contribution in [0.15, 0.2) is 33.9 Å². The van der Waals surface area contributed by atoms with Gasteiger partial charge in [0.15, 0.2) is 5.92 Å². The van der Waals surface area contributed by atoms with E-state index in [0.29, 0.717) is 10.5 Å². The third-order valence-electron chi connectivity index (χ3n) is 5.57. The normalized spacial score (nSPS) is 20.9. The Bertz CT molecular complexity index is 1360. The van der Waals surface area contributed by atoms with E-state index in [1.807, 2.05) is 0 Å². The Morgan fingerprint density at radius 3 is 2.68 bits per heavy atom. The molecule has 38 heavy (non-hydrogen) atoms. The SMILES string of the molecule is CS(=O)(=O)NCCC(Sc1nn[nH]n1)C1=C(C(=O)O)N2C(=O)[C@@H](NC(=O)C(C(=O)O)c3cccs3)[C@@H]2SC1. The van der Waals surface area contributed by atoms with E-state index in [2.05, 4.69) is 30.7 Å². The molecule has 0 saturated carbocycles. The Morgan fingerprint density at radius 2 is 2.11 bits per heavy atom. The molecule has 204 valence electrons. The number of thiophene rings is 1. The van der Waals surface area contributed by atoms with Crippen LogP contribution in [-0.4, -0.2) is 103 Å². The molecule has 2 aromatic rings. The number of carboxylic acid groups (broad SMARTS) is 2. The molecule has 0 aliphatic carbocycles. The van der Waals surface area contributed by atoms with Gasteiger partial charge in [-0.05, 0) is 28.7 Å². The molecular weight excluding hydrogens is 583 g/mol. The molecule has 0 aromatic carbocycles. The molecule has 2 aliphatic rings. The lowest BCUT2D eigenvalue weighted by Crippen LogP contribution is -2.71. The minimum atomic E-state index is -3.50. The van der Waals surface area contributed by atoms with E-state index in [4.69, 9.17) is 0 Å². The maximum Gasteiger partial charge on any atom is 0.352 e. The Morgan fingerprint density at radius 1 is 1.34 bits per heavy atom. The fourth-order valence-corrected chi connectivity index (χ4v) is 7.80. The summed E-state index contributed by atoms with van der Waals surface area (Å²) < 4.78 is 25.4. The summed E-state index contributed by atoms with van der Waals surface area (Å²) in [7, 11) is -3.50. The number of aliphatic carboxylic acids is 2. The molecule has 4 heterocycles. The van der Waals surface area contributed by atoms with E-state index in [0.717, 1.165) is 34.3 Å². The highest BCUT2D eigenvalue weighted by atomic mass is 32.2. The molecule has 1 fully saturated rings. The fourth-order valence-electron chi connectivity index (χ4n) is 3.95. The summed E-state index contributed by atoms with van der Waals surface area (Å²) in [5, 5.41) is 36.0. The summed E-state index contributed by atoms with van der Waals surface area (Å²) in [5.74, 6) is -5.68. The van der Waals surface area contributed by atoms with E-state index in [9.17, 15) is 37.8 Å². The molecule has 2 unspecified atom stereocenters. The van der Waals surface area contributed by atoms with Crippen molar-refractivity contribution >= 4 is 68.6 Å². The molecule has 5 N–H and O–H groups in total. The highest BCUT2D eigenvalue weighted by molar-refractivity contribution is 8.01. The highest BCUT2D eigenvalue weighted by Crippen LogP contribution is 2.44. The molecule has 1 saturated heterocycles. The number of thioether (sulfide) groups is 2. The minimum Gasteiger partial charge on any atom is -0.480 e. The first-order valence-electron chi connectivity index (χ1n) is 10.8. The Labute approximate surface area is 227 Å². The first-order valence-corrected chi connectivity index (χ1v) is 15.5. The third-order valence-corrected chi connectivity index (χ3v) is 9.72. The molecule has 2 aliphatic heterocycles. The molecule has 2 amide bonds. The van der Waals surface area contributed by atoms with Crippen LogP contribution < -0.4 is 10.0 Å². The van der Waals surface area contributed by atoms with E-state index in [-0.39, 0.29) is 29.6 Å². The number of carboxylic acids is 2. The van der Waals surface area contributed by atoms with Crippen molar-refractivity contribution in [3.63, 3.8) is 0 Å². The lowest BCUT2D eigenvalue weighted by Gasteiger charge is -2.50. The number of hydrogen-bond acceptors (Lipinski definition) is 12. The van der Waals surface area contributed by atoms with Crippen LogP contribution in [0.2, 0.25) is 0 Å². The van der Waals surface area contributed by atoms with Crippen LogP contribution in [0.1, 0.15) is 17.2 Å². The lowest BCUT2D eigenvalue weighted by atomic mass is 9.99. The number of tetrazole rings is 1. The van der Waals surface area contributed by atoms with Crippen molar-refractivity contribution in [2.45, 2.75) is 34.2 Å². The number of β-lactam (4-membered cyclic amide) rings is 1. The van der Waals surface area contributed by atoms with Gasteiger partial charge in [0.25, 0.3) is 5.91 Å². The summed E-state index contributed by atoms with van der Waals surface area (Å²) >= 11 is 3.36. The maximum absolute atomic E-state index is 13.1. The van der Waals surface area contributed by atoms with Crippen LogP contribution >= 0.6 is 34.9 Å². The molecule has 2 aromatic heterocycles. The van der Waals surface area contributed by atoms with E-state index in [1.54, 1.807) is 11.4 Å². The second kappa shape index (κ2) is 11.4. The van der Waals surface area contributed by atoms with Gasteiger partial charge in [-0.3, -0.25) is 19.3 Å². The Hall–Kier alpha value is -3.00. The number of carbonyl (C=O) groups excluding carboxylic acids is 2. The predicted molar refractivity (Wildman–Crippen MR) is 136 cm³/mol. The topological polar surface area (TPSA) is 225 Å². The van der Waals surface area contributed by atoms with Crippen molar-refractivity contribution < 1.29 is 37.8 Å². The molecule has 4 atom stereocenters. The van der Waals surface area contributed by atoms with Crippen molar-refractivity contribution in [3.8, 4) is 0 Å². The first-order chi connectivity index (χ1) is 18.0. The van der Waals surface area contributed by atoms with Crippen molar-refractivity contribution in [2.24, 2.45) is 0 Å². The van der Waals surface area contributed by atoms with Crippen LogP contribution in [0, 0.1) is 0 Å². The lowest BCUT2D eigenvalue weighted by molar-refractivity contribution is -0.152. The second-order valence-electron chi connectivity index (χ2n) is 8.12. The molecular formula is C19H21N7O8S4. The molecule has 0 radical (unpaired) electrons.